The van der Waals surface area contributed by atoms with Gasteiger partial charge >= 0.3 is 0 Å². The van der Waals surface area contributed by atoms with Crippen LogP contribution < -0.4 is 5.32 Å². The molecule has 1 heterocycles. The summed E-state index contributed by atoms with van der Waals surface area (Å²) in [5.41, 5.74) is 0.534. The highest BCUT2D eigenvalue weighted by Gasteiger charge is 2.18. The second-order valence-electron chi connectivity index (χ2n) is 3.69. The zero-order chi connectivity index (χ0) is 9.97. The van der Waals surface area contributed by atoms with Crippen molar-refractivity contribution in [1.29, 1.82) is 0 Å². The van der Waals surface area contributed by atoms with Crippen LogP contribution in [0.4, 0.5) is 8.78 Å². The number of hydrogen-bond donors (Lipinski definition) is 1. The minimum Gasteiger partial charge on any atom is -0.317 e. The fraction of sp³-hybridized carbons (Fsp3) is 0.455. The van der Waals surface area contributed by atoms with E-state index in [1.54, 1.807) is 0 Å². The molecule has 1 aliphatic rings. The highest BCUT2D eigenvalue weighted by molar-refractivity contribution is 5.23. The molecule has 0 bridgehead atoms. The van der Waals surface area contributed by atoms with Crippen molar-refractivity contribution >= 4 is 0 Å². The Morgan fingerprint density at radius 2 is 1.86 bits per heavy atom. The monoisotopic (exact) mass is 197 g/mol. The Morgan fingerprint density at radius 1 is 1.14 bits per heavy atom. The van der Waals surface area contributed by atoms with Crippen molar-refractivity contribution in [2.45, 2.75) is 18.8 Å². The summed E-state index contributed by atoms with van der Waals surface area (Å²) in [6.45, 7) is 1.78. The molecule has 0 atom stereocenters. The van der Waals surface area contributed by atoms with E-state index in [0.717, 1.165) is 25.9 Å². The van der Waals surface area contributed by atoms with E-state index in [9.17, 15) is 8.78 Å². The highest BCUT2D eigenvalue weighted by atomic mass is 19.1. The van der Waals surface area contributed by atoms with Gasteiger partial charge in [0.1, 0.15) is 11.6 Å². The first kappa shape index (κ1) is 9.59. The molecule has 1 aliphatic heterocycles. The van der Waals surface area contributed by atoms with Gasteiger partial charge in [-0.15, -0.1) is 0 Å². The third kappa shape index (κ3) is 1.93. The van der Waals surface area contributed by atoms with E-state index in [1.807, 2.05) is 0 Å². The number of benzene rings is 1. The van der Waals surface area contributed by atoms with Gasteiger partial charge in [0.2, 0.25) is 0 Å². The summed E-state index contributed by atoms with van der Waals surface area (Å²) >= 11 is 0. The van der Waals surface area contributed by atoms with Crippen LogP contribution >= 0.6 is 0 Å². The topological polar surface area (TPSA) is 12.0 Å². The third-order valence-electron chi connectivity index (χ3n) is 2.74. The molecule has 1 aromatic carbocycles. The molecule has 1 fully saturated rings. The Balaban J connectivity index is 2.24. The van der Waals surface area contributed by atoms with Gasteiger partial charge < -0.3 is 5.32 Å². The second-order valence-corrected chi connectivity index (χ2v) is 3.69. The van der Waals surface area contributed by atoms with Crippen molar-refractivity contribution in [3.05, 3.63) is 35.4 Å². The molecule has 0 aromatic heterocycles. The van der Waals surface area contributed by atoms with E-state index >= 15 is 0 Å². The Morgan fingerprint density at radius 3 is 2.57 bits per heavy atom. The minimum atomic E-state index is -0.347. The molecular weight excluding hydrogens is 184 g/mol. The van der Waals surface area contributed by atoms with Crippen LogP contribution in [0.2, 0.25) is 0 Å². The molecule has 1 saturated heterocycles. The molecule has 76 valence electrons. The number of halogens is 2. The van der Waals surface area contributed by atoms with E-state index in [-0.39, 0.29) is 17.6 Å². The van der Waals surface area contributed by atoms with E-state index in [4.69, 9.17) is 0 Å². The molecule has 1 aromatic rings. The van der Waals surface area contributed by atoms with Gasteiger partial charge in [0.15, 0.2) is 0 Å². The van der Waals surface area contributed by atoms with Crippen molar-refractivity contribution in [2.75, 3.05) is 13.1 Å². The van der Waals surface area contributed by atoms with Gasteiger partial charge in [0, 0.05) is 0 Å². The van der Waals surface area contributed by atoms with E-state index in [0.29, 0.717) is 5.56 Å². The summed E-state index contributed by atoms with van der Waals surface area (Å²) in [6.07, 6.45) is 1.78. The Hall–Kier alpha value is -0.960. The van der Waals surface area contributed by atoms with Crippen LogP contribution in [0, 0.1) is 11.6 Å². The molecular formula is C11H13F2N. The predicted octanol–water partition coefficient (Wildman–Crippen LogP) is 2.43. The predicted molar refractivity (Wildman–Crippen MR) is 51.2 cm³/mol. The minimum absolute atomic E-state index is 0.173. The van der Waals surface area contributed by atoms with E-state index in [2.05, 4.69) is 5.32 Å². The SMILES string of the molecule is Fc1ccc(F)c(C2CCNCC2)c1. The van der Waals surface area contributed by atoms with Crippen molar-refractivity contribution in [2.24, 2.45) is 0 Å². The quantitative estimate of drug-likeness (QED) is 0.729. The molecule has 1 N–H and O–H groups in total. The largest absolute Gasteiger partial charge is 0.317 e. The van der Waals surface area contributed by atoms with Gasteiger partial charge in [-0.05, 0) is 55.6 Å². The standard InChI is InChI=1S/C11H13F2N/c12-9-1-2-11(13)10(7-9)8-3-5-14-6-4-8/h1-2,7-8,14H,3-6H2. The lowest BCUT2D eigenvalue weighted by molar-refractivity contribution is 0.442. The molecule has 2 rings (SSSR count). The summed E-state index contributed by atoms with van der Waals surface area (Å²) in [4.78, 5) is 0. The van der Waals surface area contributed by atoms with Crippen molar-refractivity contribution in [3.63, 3.8) is 0 Å². The van der Waals surface area contributed by atoms with Crippen LogP contribution in [0.5, 0.6) is 0 Å². The normalized spacial score (nSPS) is 18.4. The molecule has 0 saturated carbocycles. The van der Waals surface area contributed by atoms with Gasteiger partial charge in [0.25, 0.3) is 0 Å². The van der Waals surface area contributed by atoms with E-state index < -0.39 is 0 Å². The molecule has 0 spiro atoms. The molecule has 0 unspecified atom stereocenters. The maximum absolute atomic E-state index is 13.4. The summed E-state index contributed by atoms with van der Waals surface area (Å²) in [5.74, 6) is -0.454. The molecule has 0 amide bonds. The maximum Gasteiger partial charge on any atom is 0.126 e. The van der Waals surface area contributed by atoms with Crippen molar-refractivity contribution in [3.8, 4) is 0 Å². The summed E-state index contributed by atoms with van der Waals surface area (Å²) in [7, 11) is 0. The zero-order valence-electron chi connectivity index (χ0n) is 7.89. The summed E-state index contributed by atoms with van der Waals surface area (Å²) in [5, 5.41) is 3.20. The van der Waals surface area contributed by atoms with Gasteiger partial charge in [-0.3, -0.25) is 0 Å². The molecule has 0 aliphatic carbocycles. The van der Waals surface area contributed by atoms with E-state index in [1.165, 1.54) is 18.2 Å². The van der Waals surface area contributed by atoms with Gasteiger partial charge in [-0.25, -0.2) is 8.78 Å². The number of piperidine rings is 1. The third-order valence-corrected chi connectivity index (χ3v) is 2.74. The average molecular weight is 197 g/mol. The smallest absolute Gasteiger partial charge is 0.126 e. The zero-order valence-corrected chi connectivity index (χ0v) is 7.89. The van der Waals surface area contributed by atoms with Gasteiger partial charge in [-0.1, -0.05) is 0 Å². The molecule has 3 heteroatoms. The van der Waals surface area contributed by atoms with Crippen LogP contribution in [-0.2, 0) is 0 Å². The lowest BCUT2D eigenvalue weighted by atomic mass is 9.90. The lowest BCUT2D eigenvalue weighted by Crippen LogP contribution is -2.27. The Kier molecular flexibility index (Phi) is 2.77. The Labute approximate surface area is 82.1 Å². The van der Waals surface area contributed by atoms with Crippen LogP contribution in [0.1, 0.15) is 24.3 Å². The number of hydrogen-bond acceptors (Lipinski definition) is 1. The van der Waals surface area contributed by atoms with Gasteiger partial charge in [0.05, 0.1) is 0 Å². The first-order valence-electron chi connectivity index (χ1n) is 4.93. The van der Waals surface area contributed by atoms with Crippen molar-refractivity contribution in [1.82, 2.24) is 5.32 Å². The second kappa shape index (κ2) is 4.05. The molecule has 1 nitrogen and oxygen atoms in total. The van der Waals surface area contributed by atoms with Crippen molar-refractivity contribution < 1.29 is 8.78 Å². The molecule has 14 heavy (non-hydrogen) atoms. The maximum atomic E-state index is 13.4. The highest BCUT2D eigenvalue weighted by Crippen LogP contribution is 2.27. The lowest BCUT2D eigenvalue weighted by Gasteiger charge is -2.23. The van der Waals surface area contributed by atoms with Crippen LogP contribution in [0.3, 0.4) is 0 Å². The fourth-order valence-electron chi connectivity index (χ4n) is 1.96. The van der Waals surface area contributed by atoms with Crippen LogP contribution in [0.15, 0.2) is 18.2 Å². The summed E-state index contributed by atoms with van der Waals surface area (Å²) in [6, 6.07) is 3.71. The average Bonchev–Trinajstić information content (AvgIpc) is 2.23. The first-order valence-corrected chi connectivity index (χ1v) is 4.93. The number of nitrogens with one attached hydrogen (secondary N) is 1. The fourth-order valence-corrected chi connectivity index (χ4v) is 1.96. The van der Waals surface area contributed by atoms with Gasteiger partial charge in [-0.2, -0.15) is 0 Å². The first-order chi connectivity index (χ1) is 6.77. The Bertz CT molecular complexity index is 319. The summed E-state index contributed by atoms with van der Waals surface area (Å²) < 4.78 is 26.3. The van der Waals surface area contributed by atoms with Crippen LogP contribution in [0.25, 0.3) is 0 Å². The number of rotatable bonds is 1. The molecule has 0 radical (unpaired) electrons. The van der Waals surface area contributed by atoms with Crippen LogP contribution in [-0.4, -0.2) is 13.1 Å².